The van der Waals surface area contributed by atoms with Crippen molar-refractivity contribution in [2.45, 2.75) is 32.7 Å². The maximum atomic E-state index is 14.1. The van der Waals surface area contributed by atoms with Gasteiger partial charge in [-0.05, 0) is 50.8 Å². The molecule has 1 saturated heterocycles. The van der Waals surface area contributed by atoms with Crippen molar-refractivity contribution in [1.29, 1.82) is 0 Å². The number of nitrogens with one attached hydrogen (secondary N) is 1. The molecule has 1 aromatic rings. The molecule has 1 aromatic carbocycles. The molecule has 1 N–H and O–H groups in total. The van der Waals surface area contributed by atoms with E-state index in [9.17, 15) is 4.39 Å². The highest BCUT2D eigenvalue weighted by Gasteiger charge is 2.14. The van der Waals surface area contributed by atoms with Gasteiger partial charge in [-0.2, -0.15) is 0 Å². The number of halogens is 1. The average molecular weight is 280 g/mol. The zero-order valence-electron chi connectivity index (χ0n) is 12.7. The van der Waals surface area contributed by atoms with Gasteiger partial charge in [-0.3, -0.25) is 0 Å². The second-order valence-electron chi connectivity index (χ2n) is 5.81. The Morgan fingerprint density at radius 2 is 2.05 bits per heavy atom. The van der Waals surface area contributed by atoms with E-state index in [1.54, 1.807) is 6.07 Å². The van der Waals surface area contributed by atoms with E-state index in [0.29, 0.717) is 11.6 Å². The van der Waals surface area contributed by atoms with Crippen molar-refractivity contribution in [1.82, 2.24) is 0 Å². The number of benzene rings is 1. The fourth-order valence-electron chi connectivity index (χ4n) is 2.39. The summed E-state index contributed by atoms with van der Waals surface area (Å²) in [5, 5.41) is 3.34. The minimum Gasteiger partial charge on any atom is -0.385 e. The molecule has 4 heteroatoms. The van der Waals surface area contributed by atoms with Gasteiger partial charge in [-0.15, -0.1) is 0 Å². The van der Waals surface area contributed by atoms with Crippen LogP contribution in [0.15, 0.2) is 18.2 Å². The van der Waals surface area contributed by atoms with Crippen LogP contribution in [0.2, 0.25) is 0 Å². The summed E-state index contributed by atoms with van der Waals surface area (Å²) in [6, 6.07) is 5.68. The van der Waals surface area contributed by atoms with Gasteiger partial charge in [-0.25, -0.2) is 4.39 Å². The fraction of sp³-hybridized carbons (Fsp3) is 0.625. The molecule has 1 aliphatic heterocycles. The molecular formula is C16H25FN2O. The summed E-state index contributed by atoms with van der Waals surface area (Å²) in [6.45, 7) is 6.69. The van der Waals surface area contributed by atoms with E-state index in [1.807, 2.05) is 24.1 Å². The molecule has 1 aliphatic rings. The zero-order valence-corrected chi connectivity index (χ0v) is 12.7. The molecule has 1 heterocycles. The van der Waals surface area contributed by atoms with Crippen LogP contribution in [0.5, 0.6) is 0 Å². The minimum absolute atomic E-state index is 0.168. The van der Waals surface area contributed by atoms with Crippen molar-refractivity contribution in [3.63, 3.8) is 0 Å². The molecule has 0 spiro atoms. The van der Waals surface area contributed by atoms with Gasteiger partial charge in [0.05, 0.1) is 5.69 Å². The van der Waals surface area contributed by atoms with Crippen molar-refractivity contribution >= 4 is 11.4 Å². The highest BCUT2D eigenvalue weighted by molar-refractivity contribution is 5.56. The Balaban J connectivity index is 1.94. The smallest absolute Gasteiger partial charge is 0.148 e. The van der Waals surface area contributed by atoms with E-state index in [-0.39, 0.29) is 11.9 Å². The third kappa shape index (κ3) is 3.85. The van der Waals surface area contributed by atoms with Gasteiger partial charge >= 0.3 is 0 Å². The van der Waals surface area contributed by atoms with Crippen LogP contribution in [0.25, 0.3) is 0 Å². The van der Waals surface area contributed by atoms with Crippen LogP contribution in [0.4, 0.5) is 15.8 Å². The lowest BCUT2D eigenvalue weighted by Gasteiger charge is -2.25. The second kappa shape index (κ2) is 6.93. The van der Waals surface area contributed by atoms with E-state index >= 15 is 0 Å². The van der Waals surface area contributed by atoms with Crippen LogP contribution >= 0.6 is 0 Å². The van der Waals surface area contributed by atoms with Gasteiger partial charge < -0.3 is 15.0 Å². The first-order valence-corrected chi connectivity index (χ1v) is 7.42. The van der Waals surface area contributed by atoms with Crippen molar-refractivity contribution < 1.29 is 9.13 Å². The molecule has 0 radical (unpaired) electrons. The van der Waals surface area contributed by atoms with Gasteiger partial charge in [0.2, 0.25) is 0 Å². The first-order valence-electron chi connectivity index (χ1n) is 7.42. The van der Waals surface area contributed by atoms with Gasteiger partial charge in [0.15, 0.2) is 0 Å². The Morgan fingerprint density at radius 1 is 1.35 bits per heavy atom. The largest absolute Gasteiger partial charge is 0.385 e. The molecule has 0 unspecified atom stereocenters. The van der Waals surface area contributed by atoms with Gasteiger partial charge in [0.25, 0.3) is 0 Å². The van der Waals surface area contributed by atoms with Crippen molar-refractivity contribution in [3.8, 4) is 0 Å². The lowest BCUT2D eigenvalue weighted by molar-refractivity contribution is 0.0699. The molecule has 0 bridgehead atoms. The number of rotatable bonds is 5. The molecule has 0 aromatic heterocycles. The van der Waals surface area contributed by atoms with Crippen LogP contribution in [0.3, 0.4) is 0 Å². The summed E-state index contributed by atoms with van der Waals surface area (Å²) >= 11 is 0. The van der Waals surface area contributed by atoms with E-state index in [4.69, 9.17) is 4.74 Å². The quantitative estimate of drug-likeness (QED) is 0.893. The van der Waals surface area contributed by atoms with Crippen LogP contribution in [0.1, 0.15) is 26.7 Å². The lowest BCUT2D eigenvalue weighted by atomic mass is 10.0. The summed E-state index contributed by atoms with van der Waals surface area (Å²) in [7, 11) is 1.91. The predicted octanol–water partition coefficient (Wildman–Crippen LogP) is 3.51. The number of hydrogen-bond acceptors (Lipinski definition) is 3. The molecule has 0 atom stereocenters. The molecule has 2 rings (SSSR count). The maximum Gasteiger partial charge on any atom is 0.148 e. The fourth-order valence-corrected chi connectivity index (χ4v) is 2.39. The molecule has 112 valence electrons. The Hall–Kier alpha value is -1.29. The van der Waals surface area contributed by atoms with E-state index in [0.717, 1.165) is 38.3 Å². The van der Waals surface area contributed by atoms with E-state index in [1.165, 1.54) is 0 Å². The molecule has 20 heavy (non-hydrogen) atoms. The van der Waals surface area contributed by atoms with Crippen LogP contribution in [0, 0.1) is 11.7 Å². The molecule has 0 aliphatic carbocycles. The normalized spacial score (nSPS) is 16.4. The number of anilines is 2. The topological polar surface area (TPSA) is 24.5 Å². The Kier molecular flexibility index (Phi) is 5.24. The number of hydrogen-bond donors (Lipinski definition) is 1. The van der Waals surface area contributed by atoms with E-state index in [2.05, 4.69) is 19.2 Å². The zero-order chi connectivity index (χ0) is 14.5. The predicted molar refractivity (Wildman–Crippen MR) is 82.0 cm³/mol. The summed E-state index contributed by atoms with van der Waals surface area (Å²) in [4.78, 5) is 1.94. The highest BCUT2D eigenvalue weighted by atomic mass is 19.1. The summed E-state index contributed by atoms with van der Waals surface area (Å²) in [5.74, 6) is 0.461. The van der Waals surface area contributed by atoms with E-state index < -0.39 is 0 Å². The lowest BCUT2D eigenvalue weighted by Crippen LogP contribution is -2.26. The van der Waals surface area contributed by atoms with Crippen molar-refractivity contribution in [2.75, 3.05) is 37.0 Å². The summed E-state index contributed by atoms with van der Waals surface area (Å²) in [6.07, 6.45) is 2.17. The SMILES string of the molecule is CC(C)N(C)c1ccc(NCC2CCOCC2)cc1F. The van der Waals surface area contributed by atoms with Gasteiger partial charge in [-0.1, -0.05) is 0 Å². The molecule has 0 amide bonds. The van der Waals surface area contributed by atoms with Crippen molar-refractivity contribution in [3.05, 3.63) is 24.0 Å². The molecule has 3 nitrogen and oxygen atoms in total. The van der Waals surface area contributed by atoms with Crippen molar-refractivity contribution in [2.24, 2.45) is 5.92 Å². The first kappa shape index (κ1) is 15.1. The number of ether oxygens (including phenoxy) is 1. The van der Waals surface area contributed by atoms with Gasteiger partial charge in [0.1, 0.15) is 5.82 Å². The summed E-state index contributed by atoms with van der Waals surface area (Å²) in [5.41, 5.74) is 1.51. The Bertz CT molecular complexity index is 430. The summed E-state index contributed by atoms with van der Waals surface area (Å²) < 4.78 is 19.5. The Morgan fingerprint density at radius 3 is 2.65 bits per heavy atom. The third-order valence-electron chi connectivity index (χ3n) is 4.04. The monoisotopic (exact) mass is 280 g/mol. The van der Waals surface area contributed by atoms with Crippen LogP contribution < -0.4 is 10.2 Å². The highest BCUT2D eigenvalue weighted by Crippen LogP contribution is 2.24. The maximum absolute atomic E-state index is 14.1. The average Bonchev–Trinajstić information content (AvgIpc) is 2.45. The first-order chi connectivity index (χ1) is 9.58. The van der Waals surface area contributed by atoms with Crippen LogP contribution in [-0.4, -0.2) is 32.8 Å². The number of nitrogens with zero attached hydrogens (tertiary/aromatic N) is 1. The standard InChI is InChI=1S/C16H25FN2O/c1-12(2)19(3)16-5-4-14(10-15(16)17)18-11-13-6-8-20-9-7-13/h4-5,10,12-13,18H,6-9,11H2,1-3H3. The molecular weight excluding hydrogens is 255 g/mol. The third-order valence-corrected chi connectivity index (χ3v) is 4.04. The Labute approximate surface area is 121 Å². The molecule has 0 saturated carbocycles. The molecule has 1 fully saturated rings. The second-order valence-corrected chi connectivity index (χ2v) is 5.81. The van der Waals surface area contributed by atoms with Gasteiger partial charge in [0, 0.05) is 38.5 Å². The van der Waals surface area contributed by atoms with Crippen LogP contribution in [-0.2, 0) is 4.74 Å². The minimum atomic E-state index is -0.168.